The fraction of sp³-hybridized carbons (Fsp3) is 0.562. The second kappa shape index (κ2) is 6.36. The lowest BCUT2D eigenvalue weighted by Crippen LogP contribution is -2.35. The second-order valence-electron chi connectivity index (χ2n) is 6.51. The van der Waals surface area contributed by atoms with Gasteiger partial charge in [0.2, 0.25) is 0 Å². The molecule has 2 N–H and O–H groups in total. The van der Waals surface area contributed by atoms with E-state index in [0.29, 0.717) is 19.6 Å². The molecular formula is C16H23BrN2O2. The molecule has 0 spiro atoms. The molecule has 2 rings (SSSR count). The zero-order valence-corrected chi connectivity index (χ0v) is 14.4. The van der Waals surface area contributed by atoms with Crippen molar-refractivity contribution in [3.05, 3.63) is 34.3 Å². The van der Waals surface area contributed by atoms with E-state index in [4.69, 9.17) is 10.5 Å². The fourth-order valence-corrected chi connectivity index (χ4v) is 3.29. The maximum atomic E-state index is 12.2. The van der Waals surface area contributed by atoms with Gasteiger partial charge in [-0.25, -0.2) is 4.79 Å². The summed E-state index contributed by atoms with van der Waals surface area (Å²) in [7, 11) is 0. The first-order chi connectivity index (χ1) is 9.81. The van der Waals surface area contributed by atoms with Crippen molar-refractivity contribution >= 4 is 22.0 Å². The number of rotatable bonds is 2. The zero-order chi connectivity index (χ0) is 15.6. The van der Waals surface area contributed by atoms with E-state index in [9.17, 15) is 4.79 Å². The molecule has 1 aromatic carbocycles. The third kappa shape index (κ3) is 3.98. The largest absolute Gasteiger partial charge is 0.444 e. The lowest BCUT2D eigenvalue weighted by molar-refractivity contribution is 0.0287. The van der Waals surface area contributed by atoms with E-state index in [1.807, 2.05) is 39.0 Å². The van der Waals surface area contributed by atoms with Crippen LogP contribution in [0.15, 0.2) is 28.7 Å². The van der Waals surface area contributed by atoms with Crippen LogP contribution in [0.4, 0.5) is 4.79 Å². The van der Waals surface area contributed by atoms with Crippen LogP contribution in [0.1, 0.15) is 32.3 Å². The van der Waals surface area contributed by atoms with Crippen molar-refractivity contribution in [3.63, 3.8) is 0 Å². The molecule has 1 amide bonds. The SMILES string of the molecule is CC(C)(C)OC(=O)N1C[C@@H](CN)[C@H](c2ccccc2Br)C1. The van der Waals surface area contributed by atoms with Crippen LogP contribution in [0.3, 0.4) is 0 Å². The Balaban J connectivity index is 2.15. The number of amides is 1. The molecule has 1 aliphatic rings. The number of hydrogen-bond donors (Lipinski definition) is 1. The molecule has 0 unspecified atom stereocenters. The van der Waals surface area contributed by atoms with Crippen molar-refractivity contribution < 1.29 is 9.53 Å². The average molecular weight is 355 g/mol. The molecule has 1 fully saturated rings. The number of carbonyl (C=O) groups excluding carboxylic acids is 1. The topological polar surface area (TPSA) is 55.6 Å². The summed E-state index contributed by atoms with van der Waals surface area (Å²) >= 11 is 3.59. The van der Waals surface area contributed by atoms with Gasteiger partial charge in [-0.15, -0.1) is 0 Å². The summed E-state index contributed by atoms with van der Waals surface area (Å²) in [5.41, 5.74) is 6.64. The first-order valence-corrected chi connectivity index (χ1v) is 8.03. The number of benzene rings is 1. The Morgan fingerprint density at radius 1 is 1.38 bits per heavy atom. The Kier molecular flexibility index (Phi) is 4.94. The number of nitrogens with two attached hydrogens (primary N) is 1. The number of hydrogen-bond acceptors (Lipinski definition) is 3. The second-order valence-corrected chi connectivity index (χ2v) is 7.36. The highest BCUT2D eigenvalue weighted by Crippen LogP contribution is 2.36. The predicted octanol–water partition coefficient (Wildman–Crippen LogP) is 3.36. The van der Waals surface area contributed by atoms with Gasteiger partial charge in [0.15, 0.2) is 0 Å². The molecule has 0 bridgehead atoms. The van der Waals surface area contributed by atoms with Gasteiger partial charge in [0, 0.05) is 23.5 Å². The van der Waals surface area contributed by atoms with Gasteiger partial charge in [0.05, 0.1) is 0 Å². The highest BCUT2D eigenvalue weighted by molar-refractivity contribution is 9.10. The molecule has 4 nitrogen and oxygen atoms in total. The molecule has 116 valence electrons. The number of likely N-dealkylation sites (tertiary alicyclic amines) is 1. The molecule has 1 saturated heterocycles. The van der Waals surface area contributed by atoms with E-state index >= 15 is 0 Å². The van der Waals surface area contributed by atoms with Gasteiger partial charge in [-0.05, 0) is 44.9 Å². The van der Waals surface area contributed by atoms with Gasteiger partial charge in [0.25, 0.3) is 0 Å². The standard InChI is InChI=1S/C16H23BrN2O2/c1-16(2,3)21-15(20)19-9-11(8-18)13(10-19)12-6-4-5-7-14(12)17/h4-7,11,13H,8-10,18H2,1-3H3/t11-,13-/m1/s1. The normalized spacial score (nSPS) is 22.4. The Labute approximate surface area is 134 Å². The van der Waals surface area contributed by atoms with E-state index < -0.39 is 5.60 Å². The van der Waals surface area contributed by atoms with Crippen LogP contribution < -0.4 is 5.73 Å². The lowest BCUT2D eigenvalue weighted by Gasteiger charge is -2.24. The van der Waals surface area contributed by atoms with Crippen molar-refractivity contribution in [2.24, 2.45) is 11.7 Å². The number of ether oxygens (including phenoxy) is 1. The monoisotopic (exact) mass is 354 g/mol. The van der Waals surface area contributed by atoms with E-state index in [0.717, 1.165) is 4.47 Å². The fourth-order valence-electron chi connectivity index (χ4n) is 2.71. The van der Waals surface area contributed by atoms with Crippen LogP contribution in [-0.4, -0.2) is 36.2 Å². The first kappa shape index (κ1) is 16.3. The number of carbonyl (C=O) groups is 1. The third-order valence-electron chi connectivity index (χ3n) is 3.70. The summed E-state index contributed by atoms with van der Waals surface area (Å²) in [6.45, 7) is 7.51. The van der Waals surface area contributed by atoms with Crippen molar-refractivity contribution in [3.8, 4) is 0 Å². The number of nitrogens with zero attached hydrogens (tertiary/aromatic N) is 1. The van der Waals surface area contributed by atoms with Crippen LogP contribution in [-0.2, 0) is 4.74 Å². The highest BCUT2D eigenvalue weighted by Gasteiger charge is 2.37. The van der Waals surface area contributed by atoms with Crippen molar-refractivity contribution in [1.29, 1.82) is 0 Å². The van der Waals surface area contributed by atoms with Crippen LogP contribution in [0, 0.1) is 5.92 Å². The minimum absolute atomic E-state index is 0.248. The Morgan fingerprint density at radius 3 is 2.62 bits per heavy atom. The minimum Gasteiger partial charge on any atom is -0.444 e. The summed E-state index contributed by atoms with van der Waals surface area (Å²) in [4.78, 5) is 14.0. The smallest absolute Gasteiger partial charge is 0.410 e. The molecule has 5 heteroatoms. The van der Waals surface area contributed by atoms with Crippen LogP contribution in [0.2, 0.25) is 0 Å². The van der Waals surface area contributed by atoms with Crippen LogP contribution >= 0.6 is 15.9 Å². The van der Waals surface area contributed by atoms with Crippen LogP contribution in [0.25, 0.3) is 0 Å². The molecule has 0 aliphatic carbocycles. The van der Waals surface area contributed by atoms with Crippen molar-refractivity contribution in [2.45, 2.75) is 32.3 Å². The zero-order valence-electron chi connectivity index (χ0n) is 12.8. The molecule has 2 atom stereocenters. The van der Waals surface area contributed by atoms with E-state index in [1.54, 1.807) is 4.90 Å². The summed E-state index contributed by atoms with van der Waals surface area (Å²) in [5.74, 6) is 0.509. The lowest BCUT2D eigenvalue weighted by atomic mass is 9.89. The van der Waals surface area contributed by atoms with Gasteiger partial charge in [0.1, 0.15) is 5.60 Å². The van der Waals surface area contributed by atoms with Gasteiger partial charge in [-0.3, -0.25) is 0 Å². The van der Waals surface area contributed by atoms with E-state index in [-0.39, 0.29) is 17.9 Å². The maximum absolute atomic E-state index is 12.2. The van der Waals surface area contributed by atoms with E-state index in [1.165, 1.54) is 5.56 Å². The molecule has 0 saturated carbocycles. The molecule has 1 aromatic rings. The molecular weight excluding hydrogens is 332 g/mol. The van der Waals surface area contributed by atoms with E-state index in [2.05, 4.69) is 22.0 Å². The quantitative estimate of drug-likeness (QED) is 0.885. The summed E-state index contributed by atoms with van der Waals surface area (Å²) in [6, 6.07) is 8.13. The summed E-state index contributed by atoms with van der Waals surface area (Å²) in [5, 5.41) is 0. The van der Waals surface area contributed by atoms with Gasteiger partial charge in [-0.2, -0.15) is 0 Å². The number of halogens is 1. The third-order valence-corrected chi connectivity index (χ3v) is 4.42. The van der Waals surface area contributed by atoms with Gasteiger partial charge < -0.3 is 15.4 Å². The summed E-state index contributed by atoms with van der Waals surface area (Å²) in [6.07, 6.45) is -0.254. The van der Waals surface area contributed by atoms with Crippen molar-refractivity contribution in [1.82, 2.24) is 4.90 Å². The molecule has 21 heavy (non-hydrogen) atoms. The Morgan fingerprint density at radius 2 is 2.05 bits per heavy atom. The molecule has 1 aliphatic heterocycles. The first-order valence-electron chi connectivity index (χ1n) is 7.24. The highest BCUT2D eigenvalue weighted by atomic mass is 79.9. The Hall–Kier alpha value is -1.07. The maximum Gasteiger partial charge on any atom is 0.410 e. The Bertz CT molecular complexity index is 513. The van der Waals surface area contributed by atoms with Crippen LogP contribution in [0.5, 0.6) is 0 Å². The predicted molar refractivity (Wildman–Crippen MR) is 87.2 cm³/mol. The summed E-state index contributed by atoms with van der Waals surface area (Å²) < 4.78 is 6.53. The molecule has 1 heterocycles. The van der Waals surface area contributed by atoms with Gasteiger partial charge >= 0.3 is 6.09 Å². The minimum atomic E-state index is -0.472. The average Bonchev–Trinajstić information content (AvgIpc) is 2.81. The molecule has 0 aromatic heterocycles. The van der Waals surface area contributed by atoms with Gasteiger partial charge in [-0.1, -0.05) is 34.1 Å². The molecule has 0 radical (unpaired) electrons. The van der Waals surface area contributed by atoms with Crippen molar-refractivity contribution in [2.75, 3.05) is 19.6 Å².